The minimum Gasteiger partial charge on any atom is -0.398 e. The lowest BCUT2D eigenvalue weighted by molar-refractivity contribution is 1.33. The summed E-state index contributed by atoms with van der Waals surface area (Å²) in [6, 6.07) is 30.4. The zero-order valence-corrected chi connectivity index (χ0v) is 19.9. The van der Waals surface area contributed by atoms with Gasteiger partial charge in [0.15, 0.2) is 0 Å². The molecule has 35 heavy (non-hydrogen) atoms. The number of benzene rings is 5. The van der Waals surface area contributed by atoms with Gasteiger partial charge in [0.1, 0.15) is 0 Å². The maximum atomic E-state index is 6.65. The van der Waals surface area contributed by atoms with Crippen molar-refractivity contribution in [1.29, 1.82) is 0 Å². The van der Waals surface area contributed by atoms with E-state index in [-0.39, 0.29) is 0 Å². The molecule has 2 N–H and O–H groups in total. The minimum absolute atomic E-state index is 0.767. The summed E-state index contributed by atoms with van der Waals surface area (Å²) in [5, 5.41) is 7.55. The van der Waals surface area contributed by atoms with Gasteiger partial charge in [-0.3, -0.25) is 4.98 Å². The smallest absolute Gasteiger partial charge is 0.0701 e. The van der Waals surface area contributed by atoms with E-state index in [0.717, 1.165) is 22.5 Å². The molecule has 0 saturated heterocycles. The monoisotopic (exact) mass is 450 g/mol. The second-order valence-electron chi connectivity index (χ2n) is 9.10. The van der Waals surface area contributed by atoms with E-state index in [9.17, 15) is 0 Å². The van der Waals surface area contributed by atoms with E-state index in [4.69, 9.17) is 5.73 Å². The van der Waals surface area contributed by atoms with Crippen LogP contribution in [0.2, 0.25) is 0 Å². The van der Waals surface area contributed by atoms with Crippen LogP contribution in [0.5, 0.6) is 0 Å². The van der Waals surface area contributed by atoms with Gasteiger partial charge in [0.2, 0.25) is 0 Å². The molecule has 0 unspecified atom stereocenters. The largest absolute Gasteiger partial charge is 0.398 e. The van der Waals surface area contributed by atoms with Gasteiger partial charge in [0.25, 0.3) is 0 Å². The fourth-order valence-electron chi connectivity index (χ4n) is 5.19. The highest BCUT2D eigenvalue weighted by Gasteiger charge is 2.17. The van der Waals surface area contributed by atoms with Crippen molar-refractivity contribution in [2.24, 2.45) is 5.73 Å². The van der Waals surface area contributed by atoms with Crippen molar-refractivity contribution in [3.05, 3.63) is 120 Å². The van der Waals surface area contributed by atoms with E-state index in [1.54, 1.807) is 0 Å². The third-order valence-electron chi connectivity index (χ3n) is 6.80. The first-order chi connectivity index (χ1) is 17.1. The average Bonchev–Trinajstić information content (AvgIpc) is 2.90. The standard InChI is InChI=1S/C33H26N2/c1-3-4-7-30(34)29-20-28(22-9-11-23(12-10-22)31-8-5-6-17-35-31)26-15-13-24-18-21(2)19-25-14-16-27(29)33(26)32(24)25/h3-20H,34H2,1-2H3/b4-3-,30-7-. The Morgan fingerprint density at radius 2 is 1.49 bits per heavy atom. The second-order valence-corrected chi connectivity index (χ2v) is 9.10. The average molecular weight is 451 g/mol. The number of hydrogen-bond acceptors (Lipinski definition) is 2. The maximum Gasteiger partial charge on any atom is 0.0701 e. The SMILES string of the molecule is C/C=C\C=C(/N)c1cc(-c2ccc(-c3ccccn3)cc2)c2ccc3cc(C)cc4ccc1c2c43. The van der Waals surface area contributed by atoms with Gasteiger partial charge in [-0.05, 0) is 87.1 Å². The van der Waals surface area contributed by atoms with Crippen LogP contribution in [0.4, 0.5) is 0 Å². The van der Waals surface area contributed by atoms with E-state index in [1.807, 2.05) is 49.5 Å². The first-order valence-corrected chi connectivity index (χ1v) is 12.0. The zero-order valence-electron chi connectivity index (χ0n) is 19.9. The van der Waals surface area contributed by atoms with Crippen LogP contribution in [0.3, 0.4) is 0 Å². The summed E-state index contributed by atoms with van der Waals surface area (Å²) in [6.45, 7) is 4.16. The lowest BCUT2D eigenvalue weighted by atomic mass is 9.86. The number of nitrogens with two attached hydrogens (primary N) is 1. The molecule has 0 aliphatic rings. The third-order valence-corrected chi connectivity index (χ3v) is 6.80. The van der Waals surface area contributed by atoms with Gasteiger partial charge in [0, 0.05) is 23.0 Å². The Morgan fingerprint density at radius 3 is 2.17 bits per heavy atom. The summed E-state index contributed by atoms with van der Waals surface area (Å²) in [6.07, 6.45) is 7.82. The van der Waals surface area contributed by atoms with Crippen molar-refractivity contribution in [2.45, 2.75) is 13.8 Å². The van der Waals surface area contributed by atoms with Gasteiger partial charge < -0.3 is 5.73 Å². The van der Waals surface area contributed by atoms with Crippen molar-refractivity contribution in [3.63, 3.8) is 0 Å². The number of hydrogen-bond donors (Lipinski definition) is 1. The molecule has 5 aromatic carbocycles. The molecule has 0 spiro atoms. The number of rotatable bonds is 4. The summed E-state index contributed by atoms with van der Waals surface area (Å²) in [4.78, 5) is 4.50. The van der Waals surface area contributed by atoms with Crippen LogP contribution in [-0.4, -0.2) is 4.98 Å². The highest BCUT2D eigenvalue weighted by atomic mass is 14.7. The van der Waals surface area contributed by atoms with E-state index in [2.05, 4.69) is 78.6 Å². The quantitative estimate of drug-likeness (QED) is 0.216. The zero-order chi connectivity index (χ0) is 23.9. The number of aryl methyl sites for hydroxylation is 1. The Balaban J connectivity index is 1.66. The first-order valence-electron chi connectivity index (χ1n) is 12.0. The second kappa shape index (κ2) is 8.41. The van der Waals surface area contributed by atoms with Crippen molar-refractivity contribution in [1.82, 2.24) is 4.98 Å². The normalized spacial score (nSPS) is 12.5. The summed E-state index contributed by atoms with van der Waals surface area (Å²) in [7, 11) is 0. The molecular formula is C33H26N2. The summed E-state index contributed by atoms with van der Waals surface area (Å²) < 4.78 is 0. The van der Waals surface area contributed by atoms with Crippen LogP contribution >= 0.6 is 0 Å². The Bertz CT molecular complexity index is 1720. The molecule has 0 bridgehead atoms. The Labute approximate surface area is 205 Å². The van der Waals surface area contributed by atoms with Gasteiger partial charge in [-0.1, -0.05) is 78.9 Å². The molecule has 0 saturated carbocycles. The predicted molar refractivity (Wildman–Crippen MR) is 151 cm³/mol. The van der Waals surface area contributed by atoms with Crippen molar-refractivity contribution in [2.75, 3.05) is 0 Å². The maximum absolute atomic E-state index is 6.65. The van der Waals surface area contributed by atoms with Crippen molar-refractivity contribution >= 4 is 38.0 Å². The predicted octanol–water partition coefficient (Wildman–Crippen LogP) is 8.50. The third kappa shape index (κ3) is 3.55. The van der Waals surface area contributed by atoms with Gasteiger partial charge in [-0.2, -0.15) is 0 Å². The van der Waals surface area contributed by atoms with E-state index in [0.29, 0.717) is 0 Å². The first kappa shape index (κ1) is 21.1. The molecular weight excluding hydrogens is 424 g/mol. The molecule has 168 valence electrons. The highest BCUT2D eigenvalue weighted by Crippen LogP contribution is 2.42. The molecule has 0 amide bonds. The molecule has 1 heterocycles. The Kier molecular flexibility index (Phi) is 5.08. The fraction of sp³-hybridized carbons (Fsp3) is 0.0606. The molecule has 1 aromatic heterocycles. The lowest BCUT2D eigenvalue weighted by Crippen LogP contribution is -1.99. The number of aromatic nitrogens is 1. The molecule has 0 aliphatic heterocycles. The summed E-state index contributed by atoms with van der Waals surface area (Å²) in [5.74, 6) is 0. The van der Waals surface area contributed by atoms with Crippen molar-refractivity contribution in [3.8, 4) is 22.4 Å². The van der Waals surface area contributed by atoms with Gasteiger partial charge in [-0.25, -0.2) is 0 Å². The van der Waals surface area contributed by atoms with Crippen LogP contribution < -0.4 is 5.73 Å². The van der Waals surface area contributed by atoms with Gasteiger partial charge in [-0.15, -0.1) is 0 Å². The van der Waals surface area contributed by atoms with E-state index in [1.165, 1.54) is 49.0 Å². The number of allylic oxidation sites excluding steroid dienone is 3. The molecule has 0 aliphatic carbocycles. The van der Waals surface area contributed by atoms with Crippen molar-refractivity contribution < 1.29 is 0 Å². The lowest BCUT2D eigenvalue weighted by Gasteiger charge is -2.18. The highest BCUT2D eigenvalue weighted by molar-refractivity contribution is 6.27. The number of nitrogens with zero attached hydrogens (tertiary/aromatic N) is 1. The van der Waals surface area contributed by atoms with Crippen LogP contribution in [0.1, 0.15) is 18.1 Å². The van der Waals surface area contributed by atoms with Crippen LogP contribution in [0.25, 0.3) is 60.4 Å². The molecule has 2 nitrogen and oxygen atoms in total. The fourth-order valence-corrected chi connectivity index (χ4v) is 5.19. The minimum atomic E-state index is 0.767. The molecule has 0 fully saturated rings. The molecule has 6 rings (SSSR count). The van der Waals surface area contributed by atoms with E-state index >= 15 is 0 Å². The van der Waals surface area contributed by atoms with E-state index < -0.39 is 0 Å². The van der Waals surface area contributed by atoms with Crippen LogP contribution in [-0.2, 0) is 0 Å². The van der Waals surface area contributed by atoms with Crippen LogP contribution in [0.15, 0.2) is 109 Å². The topological polar surface area (TPSA) is 38.9 Å². The Hall–Kier alpha value is -4.43. The Morgan fingerprint density at radius 1 is 0.771 bits per heavy atom. The van der Waals surface area contributed by atoms with Gasteiger partial charge in [0.05, 0.1) is 5.69 Å². The molecule has 6 aromatic rings. The molecule has 0 radical (unpaired) electrons. The molecule has 2 heteroatoms. The summed E-state index contributed by atoms with van der Waals surface area (Å²) in [5.41, 5.74) is 14.2. The summed E-state index contributed by atoms with van der Waals surface area (Å²) >= 11 is 0. The van der Waals surface area contributed by atoms with Gasteiger partial charge >= 0.3 is 0 Å². The van der Waals surface area contributed by atoms with Crippen LogP contribution in [0, 0.1) is 6.92 Å². The molecule has 0 atom stereocenters. The number of pyridine rings is 1.